The molecule has 1 aliphatic rings. The number of carbonyl (C=O) groups is 1. The molecule has 0 aromatic carbocycles. The number of likely N-dealkylation sites (tertiary alicyclic amines) is 1. The van der Waals surface area contributed by atoms with Crippen molar-refractivity contribution in [2.75, 3.05) is 25.0 Å². The summed E-state index contributed by atoms with van der Waals surface area (Å²) in [4.78, 5) is 13.3. The molecule has 0 aliphatic carbocycles. The van der Waals surface area contributed by atoms with E-state index >= 15 is 0 Å². The summed E-state index contributed by atoms with van der Waals surface area (Å²) in [6, 6.07) is -0.408. The standard InChI is InChI=1S/C9H11F3N4O2/c10-9(11,12)5-13-8-15-14-6(18-8)7(17)16-3-1-2-4-16/h1-5H2,(H,13,15). The van der Waals surface area contributed by atoms with Gasteiger partial charge in [0.2, 0.25) is 0 Å². The first kappa shape index (κ1) is 12.7. The monoisotopic (exact) mass is 264 g/mol. The summed E-state index contributed by atoms with van der Waals surface area (Å²) < 4.78 is 40.6. The molecule has 1 fully saturated rings. The van der Waals surface area contributed by atoms with Gasteiger partial charge in [-0.25, -0.2) is 0 Å². The van der Waals surface area contributed by atoms with E-state index in [0.717, 1.165) is 12.8 Å². The van der Waals surface area contributed by atoms with Crippen molar-refractivity contribution in [3.63, 3.8) is 0 Å². The van der Waals surface area contributed by atoms with Gasteiger partial charge in [0, 0.05) is 13.1 Å². The minimum Gasteiger partial charge on any atom is -0.399 e. The molecular formula is C9H11F3N4O2. The molecule has 0 spiro atoms. The Morgan fingerprint density at radius 1 is 1.33 bits per heavy atom. The Bertz CT molecular complexity index is 426. The van der Waals surface area contributed by atoms with Gasteiger partial charge < -0.3 is 14.6 Å². The Morgan fingerprint density at radius 3 is 2.61 bits per heavy atom. The second kappa shape index (κ2) is 4.83. The van der Waals surface area contributed by atoms with Gasteiger partial charge in [-0.2, -0.15) is 13.2 Å². The molecule has 0 unspecified atom stereocenters. The topological polar surface area (TPSA) is 71.3 Å². The largest absolute Gasteiger partial charge is 0.405 e. The molecule has 0 radical (unpaired) electrons. The SMILES string of the molecule is O=C(c1nnc(NCC(F)(F)F)o1)N1CCCC1. The molecule has 18 heavy (non-hydrogen) atoms. The van der Waals surface area contributed by atoms with E-state index in [2.05, 4.69) is 10.2 Å². The summed E-state index contributed by atoms with van der Waals surface area (Å²) in [7, 11) is 0. The summed E-state index contributed by atoms with van der Waals surface area (Å²) in [5.74, 6) is -0.735. The van der Waals surface area contributed by atoms with Crippen LogP contribution in [0.1, 0.15) is 23.5 Å². The summed E-state index contributed by atoms with van der Waals surface area (Å²) in [5, 5.41) is 8.67. The van der Waals surface area contributed by atoms with Crippen molar-refractivity contribution in [3.05, 3.63) is 5.89 Å². The van der Waals surface area contributed by atoms with E-state index in [1.807, 2.05) is 5.32 Å². The molecule has 9 heteroatoms. The number of aromatic nitrogens is 2. The van der Waals surface area contributed by atoms with Crippen LogP contribution in [-0.4, -0.2) is 46.8 Å². The van der Waals surface area contributed by atoms with Gasteiger partial charge in [0.25, 0.3) is 0 Å². The van der Waals surface area contributed by atoms with Gasteiger partial charge in [0.1, 0.15) is 6.54 Å². The van der Waals surface area contributed by atoms with Crippen LogP contribution in [0.25, 0.3) is 0 Å². The molecule has 1 aromatic rings. The minimum atomic E-state index is -4.38. The fourth-order valence-corrected chi connectivity index (χ4v) is 1.61. The summed E-state index contributed by atoms with van der Waals surface area (Å²) in [5.41, 5.74) is 0. The summed E-state index contributed by atoms with van der Waals surface area (Å²) >= 11 is 0. The first-order chi connectivity index (χ1) is 8.46. The Morgan fingerprint density at radius 2 is 2.00 bits per heavy atom. The fourth-order valence-electron chi connectivity index (χ4n) is 1.61. The van der Waals surface area contributed by atoms with Crippen LogP contribution in [0.15, 0.2) is 4.42 Å². The normalized spacial score (nSPS) is 16.1. The van der Waals surface area contributed by atoms with Crippen molar-refractivity contribution in [1.82, 2.24) is 15.1 Å². The number of hydrogen-bond acceptors (Lipinski definition) is 5. The van der Waals surface area contributed by atoms with Crippen LogP contribution >= 0.6 is 0 Å². The zero-order valence-corrected chi connectivity index (χ0v) is 9.33. The number of nitrogens with one attached hydrogen (secondary N) is 1. The zero-order valence-electron chi connectivity index (χ0n) is 9.33. The third kappa shape index (κ3) is 3.11. The summed E-state index contributed by atoms with van der Waals surface area (Å²) in [6.07, 6.45) is -2.58. The highest BCUT2D eigenvalue weighted by Crippen LogP contribution is 2.17. The highest BCUT2D eigenvalue weighted by molar-refractivity contribution is 5.89. The van der Waals surface area contributed by atoms with Gasteiger partial charge in [-0.3, -0.25) is 4.79 Å². The van der Waals surface area contributed by atoms with Gasteiger partial charge in [-0.05, 0) is 12.8 Å². The van der Waals surface area contributed by atoms with Crippen LogP contribution in [0.2, 0.25) is 0 Å². The van der Waals surface area contributed by atoms with Crippen LogP contribution in [0.3, 0.4) is 0 Å². The second-order valence-electron chi connectivity index (χ2n) is 3.88. The lowest BCUT2D eigenvalue weighted by Crippen LogP contribution is -2.27. The number of rotatable bonds is 3. The van der Waals surface area contributed by atoms with Crippen LogP contribution < -0.4 is 5.32 Å². The van der Waals surface area contributed by atoms with Gasteiger partial charge in [-0.1, -0.05) is 5.10 Å². The van der Waals surface area contributed by atoms with E-state index in [4.69, 9.17) is 4.42 Å². The average Bonchev–Trinajstić information content (AvgIpc) is 2.96. The van der Waals surface area contributed by atoms with Crippen LogP contribution in [-0.2, 0) is 0 Å². The number of nitrogens with zero attached hydrogens (tertiary/aromatic N) is 3. The van der Waals surface area contributed by atoms with E-state index in [0.29, 0.717) is 13.1 Å². The predicted octanol–water partition coefficient (Wildman–Crippen LogP) is 1.28. The molecule has 1 N–H and O–H groups in total. The molecule has 1 aliphatic heterocycles. The first-order valence-corrected chi connectivity index (χ1v) is 5.39. The fraction of sp³-hybridized carbons (Fsp3) is 0.667. The number of halogens is 3. The predicted molar refractivity (Wildman–Crippen MR) is 54.0 cm³/mol. The maximum atomic E-state index is 11.9. The lowest BCUT2D eigenvalue weighted by Gasteiger charge is -2.11. The van der Waals surface area contributed by atoms with Crippen molar-refractivity contribution >= 4 is 11.9 Å². The molecule has 6 nitrogen and oxygen atoms in total. The number of amides is 1. The van der Waals surface area contributed by atoms with E-state index < -0.39 is 24.6 Å². The molecule has 100 valence electrons. The highest BCUT2D eigenvalue weighted by Gasteiger charge is 2.29. The molecule has 0 bridgehead atoms. The molecule has 2 heterocycles. The number of alkyl halides is 3. The van der Waals surface area contributed by atoms with Crippen molar-refractivity contribution in [3.8, 4) is 0 Å². The molecule has 1 saturated heterocycles. The van der Waals surface area contributed by atoms with E-state index in [-0.39, 0.29) is 5.89 Å². The van der Waals surface area contributed by atoms with Crippen LogP contribution in [0, 0.1) is 0 Å². The van der Waals surface area contributed by atoms with Crippen molar-refractivity contribution in [2.45, 2.75) is 19.0 Å². The lowest BCUT2D eigenvalue weighted by atomic mass is 10.4. The van der Waals surface area contributed by atoms with Gasteiger partial charge in [0.15, 0.2) is 0 Å². The zero-order chi connectivity index (χ0) is 13.2. The average molecular weight is 264 g/mol. The Labute approximate surface area is 100 Å². The number of hydrogen-bond donors (Lipinski definition) is 1. The van der Waals surface area contributed by atoms with Crippen LogP contribution in [0.5, 0.6) is 0 Å². The van der Waals surface area contributed by atoms with Gasteiger partial charge in [-0.15, -0.1) is 5.10 Å². The molecule has 0 saturated carbocycles. The lowest BCUT2D eigenvalue weighted by molar-refractivity contribution is -0.115. The van der Waals surface area contributed by atoms with Crippen molar-refractivity contribution in [1.29, 1.82) is 0 Å². The number of carbonyl (C=O) groups excluding carboxylic acids is 1. The molecular weight excluding hydrogens is 253 g/mol. The van der Waals surface area contributed by atoms with E-state index in [1.165, 1.54) is 4.90 Å². The summed E-state index contributed by atoms with van der Waals surface area (Å²) in [6.45, 7) is -0.0778. The van der Waals surface area contributed by atoms with Gasteiger partial charge in [0.05, 0.1) is 0 Å². The molecule has 2 rings (SSSR count). The highest BCUT2D eigenvalue weighted by atomic mass is 19.4. The molecule has 1 amide bonds. The number of anilines is 1. The molecule has 0 atom stereocenters. The van der Waals surface area contributed by atoms with E-state index in [9.17, 15) is 18.0 Å². The third-order valence-electron chi connectivity index (χ3n) is 2.44. The van der Waals surface area contributed by atoms with Crippen LogP contribution in [0.4, 0.5) is 19.2 Å². The Hall–Kier alpha value is -1.80. The first-order valence-electron chi connectivity index (χ1n) is 5.39. The molecule has 1 aromatic heterocycles. The van der Waals surface area contributed by atoms with Gasteiger partial charge >= 0.3 is 24.0 Å². The third-order valence-corrected chi connectivity index (χ3v) is 2.44. The van der Waals surface area contributed by atoms with Crippen molar-refractivity contribution in [2.24, 2.45) is 0 Å². The quantitative estimate of drug-likeness (QED) is 0.890. The second-order valence-corrected chi connectivity index (χ2v) is 3.88. The Kier molecular flexibility index (Phi) is 3.39. The maximum Gasteiger partial charge on any atom is 0.405 e. The van der Waals surface area contributed by atoms with Crippen molar-refractivity contribution < 1.29 is 22.4 Å². The maximum absolute atomic E-state index is 11.9. The van der Waals surface area contributed by atoms with E-state index in [1.54, 1.807) is 0 Å². The Balaban J connectivity index is 1.95. The smallest absolute Gasteiger partial charge is 0.399 e. The minimum absolute atomic E-state index is 0.290.